The molecule has 0 saturated heterocycles. The molecule has 0 spiro atoms. The highest BCUT2D eigenvalue weighted by molar-refractivity contribution is 6.07. The lowest BCUT2D eigenvalue weighted by Gasteiger charge is -2.06. The monoisotopic (exact) mass is 363 g/mol. The minimum Gasteiger partial charge on any atom is -0.481 e. The van der Waals surface area contributed by atoms with Gasteiger partial charge in [-0.15, -0.1) is 0 Å². The van der Waals surface area contributed by atoms with Crippen LogP contribution in [-0.2, 0) is 11.0 Å². The Morgan fingerprint density at radius 2 is 1.77 bits per heavy atom. The maximum absolute atomic E-state index is 12.6. The van der Waals surface area contributed by atoms with Crippen molar-refractivity contribution >= 4 is 22.9 Å². The smallest absolute Gasteiger partial charge is 0.416 e. The van der Waals surface area contributed by atoms with Gasteiger partial charge in [-0.2, -0.15) is 13.2 Å². The number of aliphatic carboxylic acids is 1. The fraction of sp³-hybridized carbons (Fsp3) is 0.167. The number of hydrogen-bond acceptors (Lipinski definition) is 4. The quantitative estimate of drug-likeness (QED) is 0.701. The summed E-state index contributed by atoms with van der Waals surface area (Å²) in [5.41, 5.74) is 0.210. The summed E-state index contributed by atoms with van der Waals surface area (Å²) in [5.74, 6) is -2.71. The van der Waals surface area contributed by atoms with Crippen molar-refractivity contribution in [2.75, 3.05) is 0 Å². The first-order valence-electron chi connectivity index (χ1n) is 7.52. The van der Waals surface area contributed by atoms with Crippen molar-refractivity contribution in [3.05, 3.63) is 65.0 Å². The van der Waals surface area contributed by atoms with E-state index in [4.69, 9.17) is 9.52 Å². The summed E-state index contributed by atoms with van der Waals surface area (Å²) >= 11 is 0. The van der Waals surface area contributed by atoms with Crippen LogP contribution >= 0.6 is 0 Å². The molecule has 0 saturated carbocycles. The molecule has 1 heterocycles. The van der Waals surface area contributed by atoms with Gasteiger partial charge in [-0.25, -0.2) is 4.98 Å². The minimum absolute atomic E-state index is 0.00341. The van der Waals surface area contributed by atoms with Crippen molar-refractivity contribution in [1.82, 2.24) is 4.98 Å². The third-order valence-corrected chi connectivity index (χ3v) is 3.95. The number of halogens is 3. The summed E-state index contributed by atoms with van der Waals surface area (Å²) in [5, 5.41) is 9.05. The minimum atomic E-state index is -4.49. The van der Waals surface area contributed by atoms with Crippen molar-refractivity contribution in [3.8, 4) is 0 Å². The van der Waals surface area contributed by atoms with Crippen LogP contribution < -0.4 is 0 Å². The lowest BCUT2D eigenvalue weighted by Crippen LogP contribution is -2.07. The van der Waals surface area contributed by atoms with Gasteiger partial charge in [-0.1, -0.05) is 18.2 Å². The molecule has 0 radical (unpaired) electrons. The average molecular weight is 363 g/mol. The Bertz CT molecular complexity index is 990. The van der Waals surface area contributed by atoms with E-state index in [1.165, 1.54) is 19.1 Å². The van der Waals surface area contributed by atoms with Gasteiger partial charge < -0.3 is 9.52 Å². The molecule has 0 aliphatic carbocycles. The van der Waals surface area contributed by atoms with E-state index in [9.17, 15) is 22.8 Å². The summed E-state index contributed by atoms with van der Waals surface area (Å²) in [7, 11) is 0. The number of benzene rings is 2. The summed E-state index contributed by atoms with van der Waals surface area (Å²) in [6.45, 7) is 1.51. The molecule has 0 fully saturated rings. The maximum Gasteiger partial charge on any atom is 0.416 e. The third kappa shape index (κ3) is 3.30. The second-order valence-electron chi connectivity index (χ2n) is 5.71. The molecule has 1 N–H and O–H groups in total. The number of carboxylic acid groups (broad SMARTS) is 1. The van der Waals surface area contributed by atoms with Crippen LogP contribution in [-0.4, -0.2) is 21.8 Å². The van der Waals surface area contributed by atoms with E-state index in [2.05, 4.69) is 4.98 Å². The van der Waals surface area contributed by atoms with E-state index in [0.29, 0.717) is 11.1 Å². The number of alkyl halides is 3. The van der Waals surface area contributed by atoms with Crippen LogP contribution in [0.4, 0.5) is 13.2 Å². The standard InChI is InChI=1S/C18H12F3NO4/c1-9(17(24)25)11-4-7-14-13(8-11)22-16(26-14)15(23)10-2-5-12(6-3-10)18(19,20)21/h2-9H,1H3,(H,24,25). The molecule has 1 atom stereocenters. The highest BCUT2D eigenvalue weighted by atomic mass is 19.4. The predicted octanol–water partition coefficient (Wildman–Crippen LogP) is 4.27. The Hall–Kier alpha value is -3.16. The summed E-state index contributed by atoms with van der Waals surface area (Å²) < 4.78 is 43.1. The van der Waals surface area contributed by atoms with Gasteiger partial charge in [0.1, 0.15) is 5.52 Å². The van der Waals surface area contributed by atoms with E-state index >= 15 is 0 Å². The number of aromatic nitrogens is 1. The first-order chi connectivity index (χ1) is 12.2. The van der Waals surface area contributed by atoms with Gasteiger partial charge in [0.2, 0.25) is 5.78 Å². The molecule has 26 heavy (non-hydrogen) atoms. The van der Waals surface area contributed by atoms with Gasteiger partial charge in [-0.05, 0) is 36.8 Å². The molecule has 5 nitrogen and oxygen atoms in total. The number of nitrogens with zero attached hydrogens (tertiary/aromatic N) is 1. The van der Waals surface area contributed by atoms with Crippen LogP contribution in [0.15, 0.2) is 46.9 Å². The number of oxazole rings is 1. The molecular weight excluding hydrogens is 351 g/mol. The van der Waals surface area contributed by atoms with E-state index in [0.717, 1.165) is 24.3 Å². The molecule has 3 aromatic rings. The summed E-state index contributed by atoms with van der Waals surface area (Å²) in [6.07, 6.45) is -4.49. The van der Waals surface area contributed by atoms with E-state index in [-0.39, 0.29) is 17.0 Å². The molecular formula is C18H12F3NO4. The van der Waals surface area contributed by atoms with Crippen molar-refractivity contribution in [3.63, 3.8) is 0 Å². The van der Waals surface area contributed by atoms with E-state index < -0.39 is 29.4 Å². The van der Waals surface area contributed by atoms with Crippen LogP contribution in [0.1, 0.15) is 40.2 Å². The highest BCUT2D eigenvalue weighted by Gasteiger charge is 2.30. The first-order valence-corrected chi connectivity index (χ1v) is 7.52. The number of ketones is 1. The van der Waals surface area contributed by atoms with E-state index in [1.807, 2.05) is 0 Å². The van der Waals surface area contributed by atoms with Gasteiger partial charge in [-0.3, -0.25) is 9.59 Å². The summed E-state index contributed by atoms with van der Waals surface area (Å²) in [6, 6.07) is 8.28. The lowest BCUT2D eigenvalue weighted by molar-refractivity contribution is -0.138. The summed E-state index contributed by atoms with van der Waals surface area (Å²) in [4.78, 5) is 27.5. The molecule has 8 heteroatoms. The van der Waals surface area contributed by atoms with Crippen molar-refractivity contribution in [2.24, 2.45) is 0 Å². The SMILES string of the molecule is CC(C(=O)O)c1ccc2oc(C(=O)c3ccc(C(F)(F)F)cc3)nc2c1. The maximum atomic E-state index is 12.6. The molecule has 0 aliphatic rings. The number of carboxylic acids is 1. The Kier molecular flexibility index (Phi) is 4.27. The molecule has 0 amide bonds. The first kappa shape index (κ1) is 17.7. The third-order valence-electron chi connectivity index (χ3n) is 3.95. The fourth-order valence-corrected chi connectivity index (χ4v) is 2.39. The number of rotatable bonds is 4. The number of fused-ring (bicyclic) bond motifs is 1. The molecule has 0 aliphatic heterocycles. The van der Waals surface area contributed by atoms with Crippen molar-refractivity contribution in [1.29, 1.82) is 0 Å². The van der Waals surface area contributed by atoms with Gasteiger partial charge >= 0.3 is 12.1 Å². The topological polar surface area (TPSA) is 80.4 Å². The number of carbonyl (C=O) groups excluding carboxylic acids is 1. The zero-order chi connectivity index (χ0) is 19.1. The van der Waals surface area contributed by atoms with Crippen LogP contribution in [0, 0.1) is 0 Å². The molecule has 3 rings (SSSR count). The zero-order valence-electron chi connectivity index (χ0n) is 13.4. The van der Waals surface area contributed by atoms with Gasteiger partial charge in [0, 0.05) is 5.56 Å². The molecule has 1 aromatic heterocycles. The van der Waals surface area contributed by atoms with Crippen LogP contribution in [0.2, 0.25) is 0 Å². The fourth-order valence-electron chi connectivity index (χ4n) is 2.39. The Labute approximate surface area is 145 Å². The van der Waals surface area contributed by atoms with Crippen molar-refractivity contribution < 1.29 is 32.3 Å². The second-order valence-corrected chi connectivity index (χ2v) is 5.71. The second kappa shape index (κ2) is 6.29. The molecule has 0 bridgehead atoms. The largest absolute Gasteiger partial charge is 0.481 e. The number of hydrogen-bond donors (Lipinski definition) is 1. The Morgan fingerprint density at radius 1 is 1.12 bits per heavy atom. The van der Waals surface area contributed by atoms with Crippen LogP contribution in [0.5, 0.6) is 0 Å². The van der Waals surface area contributed by atoms with Gasteiger partial charge in [0.25, 0.3) is 5.89 Å². The van der Waals surface area contributed by atoms with Gasteiger partial charge in [0.05, 0.1) is 11.5 Å². The molecule has 1 unspecified atom stereocenters. The lowest BCUT2D eigenvalue weighted by atomic mass is 10.0. The molecule has 2 aromatic carbocycles. The van der Waals surface area contributed by atoms with Crippen LogP contribution in [0.25, 0.3) is 11.1 Å². The Morgan fingerprint density at radius 3 is 2.35 bits per heavy atom. The highest BCUT2D eigenvalue weighted by Crippen LogP contribution is 2.29. The van der Waals surface area contributed by atoms with E-state index in [1.54, 1.807) is 6.07 Å². The average Bonchev–Trinajstić information content (AvgIpc) is 3.02. The van der Waals surface area contributed by atoms with Crippen LogP contribution in [0.3, 0.4) is 0 Å². The Balaban J connectivity index is 1.92. The normalized spacial score (nSPS) is 12.9. The van der Waals surface area contributed by atoms with Gasteiger partial charge in [0.15, 0.2) is 5.58 Å². The zero-order valence-corrected chi connectivity index (χ0v) is 13.4. The predicted molar refractivity (Wildman–Crippen MR) is 84.9 cm³/mol. The number of carbonyl (C=O) groups is 2. The van der Waals surface area contributed by atoms with Crippen molar-refractivity contribution in [2.45, 2.75) is 19.0 Å². The molecule has 134 valence electrons.